The second kappa shape index (κ2) is 3.23. The van der Waals surface area contributed by atoms with Crippen molar-refractivity contribution in [2.24, 2.45) is 0 Å². The van der Waals surface area contributed by atoms with Crippen LogP contribution in [0.2, 0.25) is 0 Å². The van der Waals surface area contributed by atoms with E-state index >= 15 is 0 Å². The van der Waals surface area contributed by atoms with Crippen molar-refractivity contribution >= 4 is 0 Å². The van der Waals surface area contributed by atoms with Crippen molar-refractivity contribution in [1.82, 2.24) is 10.3 Å². The Bertz CT molecular complexity index is 266. The van der Waals surface area contributed by atoms with Gasteiger partial charge in [-0.25, -0.2) is 0 Å². The number of nitrogens with zero attached hydrogens (tertiary/aromatic N) is 1. The fourth-order valence-electron chi connectivity index (χ4n) is 1.31. The lowest BCUT2D eigenvalue weighted by Gasteiger charge is -2.26. The molecule has 0 bridgehead atoms. The van der Waals surface area contributed by atoms with Gasteiger partial charge < -0.3 is 5.32 Å². The summed E-state index contributed by atoms with van der Waals surface area (Å²) in [6, 6.07) is 2.06. The number of pyridine rings is 1. The molecule has 1 N–H and O–H groups in total. The lowest BCUT2D eigenvalue weighted by molar-refractivity contribution is 0.442. The topological polar surface area (TPSA) is 24.9 Å². The molecule has 2 nitrogen and oxygen atoms in total. The zero-order valence-corrected chi connectivity index (χ0v) is 8.18. The Morgan fingerprint density at radius 3 is 2.58 bits per heavy atom. The monoisotopic (exact) mass is 164 g/mol. The van der Waals surface area contributed by atoms with E-state index in [1.54, 1.807) is 0 Å². The van der Waals surface area contributed by atoms with Crippen LogP contribution in [0.4, 0.5) is 0 Å². The van der Waals surface area contributed by atoms with Gasteiger partial charge in [0, 0.05) is 17.9 Å². The minimum atomic E-state index is 0.0347. The third-order valence-corrected chi connectivity index (χ3v) is 2.32. The number of aryl methyl sites for hydroxylation is 1. The van der Waals surface area contributed by atoms with Gasteiger partial charge in [-0.1, -0.05) is 0 Å². The lowest BCUT2D eigenvalue weighted by Crippen LogP contribution is -2.33. The molecule has 1 aromatic rings. The second-order valence-corrected chi connectivity index (χ2v) is 3.57. The highest BCUT2D eigenvalue weighted by Gasteiger charge is 2.18. The molecule has 0 atom stereocenters. The highest BCUT2D eigenvalue weighted by molar-refractivity contribution is 5.28. The van der Waals surface area contributed by atoms with Crippen LogP contribution in [0.3, 0.4) is 0 Å². The molecule has 0 spiro atoms. The molecule has 0 radical (unpaired) electrons. The normalized spacial score (nSPS) is 11.7. The number of nitrogens with one attached hydrogen (secondary N) is 1. The van der Waals surface area contributed by atoms with Crippen LogP contribution in [0.15, 0.2) is 18.5 Å². The van der Waals surface area contributed by atoms with Crippen LogP contribution in [-0.4, -0.2) is 12.0 Å². The summed E-state index contributed by atoms with van der Waals surface area (Å²) >= 11 is 0. The van der Waals surface area contributed by atoms with Crippen molar-refractivity contribution in [3.63, 3.8) is 0 Å². The number of rotatable bonds is 2. The molecule has 0 saturated carbocycles. The van der Waals surface area contributed by atoms with Gasteiger partial charge >= 0.3 is 0 Å². The van der Waals surface area contributed by atoms with E-state index < -0.39 is 0 Å². The predicted octanol–water partition coefficient (Wildman–Crippen LogP) is 1.84. The number of hydrogen-bond donors (Lipinski definition) is 1. The van der Waals surface area contributed by atoms with Crippen LogP contribution < -0.4 is 5.32 Å². The summed E-state index contributed by atoms with van der Waals surface area (Å²) in [7, 11) is 1.97. The summed E-state index contributed by atoms with van der Waals surface area (Å²) < 4.78 is 0. The number of aromatic nitrogens is 1. The van der Waals surface area contributed by atoms with Gasteiger partial charge in [0.05, 0.1) is 0 Å². The van der Waals surface area contributed by atoms with E-state index in [0.717, 1.165) is 0 Å². The molecule has 0 amide bonds. The molecule has 1 aromatic heterocycles. The van der Waals surface area contributed by atoms with Crippen molar-refractivity contribution in [3.05, 3.63) is 29.6 Å². The molecule has 12 heavy (non-hydrogen) atoms. The van der Waals surface area contributed by atoms with Crippen LogP contribution in [-0.2, 0) is 5.54 Å². The predicted molar refractivity (Wildman–Crippen MR) is 51.1 cm³/mol. The average Bonchev–Trinajstić information content (AvgIpc) is 2.05. The minimum absolute atomic E-state index is 0.0347. The zero-order chi connectivity index (χ0) is 9.19. The molecule has 0 aliphatic heterocycles. The summed E-state index contributed by atoms with van der Waals surface area (Å²) in [6.07, 6.45) is 3.73. The van der Waals surface area contributed by atoms with E-state index in [1.807, 2.05) is 19.4 Å². The smallest absolute Gasteiger partial charge is 0.0378 e. The average molecular weight is 164 g/mol. The minimum Gasteiger partial charge on any atom is -0.311 e. The fraction of sp³-hybridized carbons (Fsp3) is 0.500. The molecule has 0 fully saturated rings. The van der Waals surface area contributed by atoms with E-state index in [-0.39, 0.29) is 5.54 Å². The van der Waals surface area contributed by atoms with Gasteiger partial charge in [0.1, 0.15) is 0 Å². The molecular weight excluding hydrogens is 148 g/mol. The summed E-state index contributed by atoms with van der Waals surface area (Å²) in [4.78, 5) is 4.06. The Morgan fingerprint density at radius 2 is 2.08 bits per heavy atom. The Labute approximate surface area is 74.0 Å². The van der Waals surface area contributed by atoms with Crippen molar-refractivity contribution < 1.29 is 0 Å². The Balaban J connectivity index is 3.10. The molecule has 0 unspecified atom stereocenters. The third-order valence-electron chi connectivity index (χ3n) is 2.32. The largest absolute Gasteiger partial charge is 0.311 e. The van der Waals surface area contributed by atoms with Crippen molar-refractivity contribution in [2.45, 2.75) is 26.3 Å². The van der Waals surface area contributed by atoms with Gasteiger partial charge in [0.2, 0.25) is 0 Å². The first-order valence-electron chi connectivity index (χ1n) is 4.18. The first-order chi connectivity index (χ1) is 5.58. The summed E-state index contributed by atoms with van der Waals surface area (Å²) in [5.74, 6) is 0. The second-order valence-electron chi connectivity index (χ2n) is 3.57. The first-order valence-corrected chi connectivity index (χ1v) is 4.18. The molecule has 1 rings (SSSR count). The summed E-state index contributed by atoms with van der Waals surface area (Å²) in [6.45, 7) is 6.41. The van der Waals surface area contributed by atoms with E-state index in [0.29, 0.717) is 0 Å². The molecule has 0 aliphatic rings. The molecule has 0 aliphatic carbocycles. The molecule has 66 valence electrons. The van der Waals surface area contributed by atoms with E-state index in [2.05, 4.69) is 37.1 Å². The van der Waals surface area contributed by atoms with Crippen LogP contribution in [0.1, 0.15) is 25.0 Å². The maximum atomic E-state index is 4.06. The molecule has 2 heteroatoms. The number of hydrogen-bond acceptors (Lipinski definition) is 2. The van der Waals surface area contributed by atoms with Gasteiger partial charge in [-0.2, -0.15) is 0 Å². The van der Waals surface area contributed by atoms with Crippen molar-refractivity contribution in [2.75, 3.05) is 7.05 Å². The Morgan fingerprint density at radius 1 is 1.42 bits per heavy atom. The van der Waals surface area contributed by atoms with Crippen LogP contribution in [0.25, 0.3) is 0 Å². The van der Waals surface area contributed by atoms with Gasteiger partial charge in [0.15, 0.2) is 0 Å². The maximum absolute atomic E-state index is 4.06. The molecular formula is C10H16N2. The highest BCUT2D eigenvalue weighted by Crippen LogP contribution is 2.21. The third kappa shape index (κ3) is 1.64. The van der Waals surface area contributed by atoms with Crippen molar-refractivity contribution in [3.8, 4) is 0 Å². The highest BCUT2D eigenvalue weighted by atomic mass is 14.9. The van der Waals surface area contributed by atoms with Gasteiger partial charge in [0.25, 0.3) is 0 Å². The summed E-state index contributed by atoms with van der Waals surface area (Å²) in [5, 5.41) is 3.27. The maximum Gasteiger partial charge on any atom is 0.0378 e. The van der Waals surface area contributed by atoms with Gasteiger partial charge in [-0.05, 0) is 45.0 Å². The zero-order valence-electron chi connectivity index (χ0n) is 8.18. The standard InChI is InChI=1S/C10H16N2/c1-8-7-12-6-5-9(8)10(2,3)11-4/h5-7,11H,1-4H3. The molecule has 0 aromatic carbocycles. The van der Waals surface area contributed by atoms with Crippen LogP contribution in [0, 0.1) is 6.92 Å². The lowest BCUT2D eigenvalue weighted by atomic mass is 9.92. The molecule has 1 heterocycles. The fourth-order valence-corrected chi connectivity index (χ4v) is 1.31. The van der Waals surface area contributed by atoms with Gasteiger partial charge in [-0.15, -0.1) is 0 Å². The Hall–Kier alpha value is -0.890. The quantitative estimate of drug-likeness (QED) is 0.721. The van der Waals surface area contributed by atoms with Gasteiger partial charge in [-0.3, -0.25) is 4.98 Å². The van der Waals surface area contributed by atoms with E-state index in [4.69, 9.17) is 0 Å². The SMILES string of the molecule is CNC(C)(C)c1ccncc1C. The summed E-state index contributed by atoms with van der Waals surface area (Å²) in [5.41, 5.74) is 2.57. The van der Waals surface area contributed by atoms with E-state index in [1.165, 1.54) is 11.1 Å². The van der Waals surface area contributed by atoms with E-state index in [9.17, 15) is 0 Å². The van der Waals surface area contributed by atoms with Crippen LogP contribution >= 0.6 is 0 Å². The first kappa shape index (κ1) is 9.20. The Kier molecular flexibility index (Phi) is 2.48. The molecule has 0 saturated heterocycles. The van der Waals surface area contributed by atoms with Crippen LogP contribution in [0.5, 0.6) is 0 Å². The van der Waals surface area contributed by atoms with Crippen molar-refractivity contribution in [1.29, 1.82) is 0 Å².